The molecule has 2 rings (SSSR count). The number of amides is 1. The van der Waals surface area contributed by atoms with Crippen LogP contribution in [0.3, 0.4) is 0 Å². The van der Waals surface area contributed by atoms with Crippen LogP contribution in [-0.4, -0.2) is 54.5 Å². The van der Waals surface area contributed by atoms with Gasteiger partial charge in [0, 0.05) is 19.2 Å². The van der Waals surface area contributed by atoms with E-state index < -0.39 is 0 Å². The molecule has 1 aromatic heterocycles. The summed E-state index contributed by atoms with van der Waals surface area (Å²) in [6, 6.07) is 12.0. The van der Waals surface area contributed by atoms with Crippen molar-refractivity contribution in [1.29, 1.82) is 0 Å². The standard InChI is InChI=1S/C20H29N5O/c1-16-23-18(15-19(24-16)21-13-8-14-25(2)3)20(26)22-12-7-11-17-9-5-4-6-10-17/h4-6,9-10,15H,7-8,11-14H2,1-3H3,(H,22,26)(H,21,23,24). The van der Waals surface area contributed by atoms with Gasteiger partial charge in [0.1, 0.15) is 17.3 Å². The molecule has 0 bridgehead atoms. The van der Waals surface area contributed by atoms with Crippen molar-refractivity contribution >= 4 is 11.7 Å². The average Bonchev–Trinajstić information content (AvgIpc) is 2.62. The molecule has 0 spiro atoms. The average molecular weight is 355 g/mol. The first-order valence-electron chi connectivity index (χ1n) is 9.11. The lowest BCUT2D eigenvalue weighted by atomic mass is 10.1. The quantitative estimate of drug-likeness (QED) is 0.641. The number of anilines is 1. The van der Waals surface area contributed by atoms with Gasteiger partial charge in [0.2, 0.25) is 0 Å². The van der Waals surface area contributed by atoms with E-state index in [4.69, 9.17) is 0 Å². The van der Waals surface area contributed by atoms with E-state index in [-0.39, 0.29) is 5.91 Å². The Balaban J connectivity index is 1.80. The van der Waals surface area contributed by atoms with Crippen molar-refractivity contribution < 1.29 is 4.79 Å². The van der Waals surface area contributed by atoms with Crippen molar-refractivity contribution in [1.82, 2.24) is 20.2 Å². The molecule has 1 aromatic carbocycles. The van der Waals surface area contributed by atoms with E-state index in [2.05, 4.69) is 51.7 Å². The van der Waals surface area contributed by atoms with Gasteiger partial charge in [0.05, 0.1) is 0 Å². The number of hydrogen-bond acceptors (Lipinski definition) is 5. The number of nitrogens with one attached hydrogen (secondary N) is 2. The number of carbonyl (C=O) groups is 1. The minimum Gasteiger partial charge on any atom is -0.370 e. The van der Waals surface area contributed by atoms with Gasteiger partial charge in [-0.05, 0) is 52.4 Å². The second-order valence-corrected chi connectivity index (χ2v) is 6.61. The smallest absolute Gasteiger partial charge is 0.270 e. The molecule has 0 fully saturated rings. The monoisotopic (exact) mass is 355 g/mol. The fourth-order valence-corrected chi connectivity index (χ4v) is 2.62. The first kappa shape index (κ1) is 19.8. The van der Waals surface area contributed by atoms with Crippen molar-refractivity contribution in [2.24, 2.45) is 0 Å². The van der Waals surface area contributed by atoms with Crippen LogP contribution in [0.4, 0.5) is 5.82 Å². The molecule has 6 nitrogen and oxygen atoms in total. The van der Waals surface area contributed by atoms with Crippen LogP contribution in [0.1, 0.15) is 34.7 Å². The van der Waals surface area contributed by atoms with Gasteiger partial charge in [-0.1, -0.05) is 30.3 Å². The SMILES string of the molecule is Cc1nc(NCCCN(C)C)cc(C(=O)NCCCc2ccccc2)n1. The molecular weight excluding hydrogens is 326 g/mol. The summed E-state index contributed by atoms with van der Waals surface area (Å²) in [6.45, 7) is 4.25. The molecule has 2 N–H and O–H groups in total. The molecule has 0 saturated carbocycles. The summed E-state index contributed by atoms with van der Waals surface area (Å²) < 4.78 is 0. The van der Waals surface area contributed by atoms with E-state index in [1.165, 1.54) is 5.56 Å². The van der Waals surface area contributed by atoms with Crippen LogP contribution in [0.5, 0.6) is 0 Å². The van der Waals surface area contributed by atoms with Gasteiger partial charge in [-0.3, -0.25) is 4.79 Å². The van der Waals surface area contributed by atoms with Crippen molar-refractivity contribution in [2.75, 3.05) is 39.0 Å². The Labute approximate surface area is 156 Å². The van der Waals surface area contributed by atoms with Crippen LogP contribution in [0, 0.1) is 6.92 Å². The molecular formula is C20H29N5O. The Kier molecular flexibility index (Phi) is 8.02. The molecule has 0 unspecified atom stereocenters. The Morgan fingerprint density at radius 1 is 1.08 bits per heavy atom. The highest BCUT2D eigenvalue weighted by Crippen LogP contribution is 2.07. The number of aryl methyl sites for hydroxylation is 2. The number of aromatic nitrogens is 2. The predicted octanol–water partition coefficient (Wildman–Crippen LogP) is 2.51. The maximum Gasteiger partial charge on any atom is 0.270 e. The number of hydrogen-bond donors (Lipinski definition) is 2. The van der Waals surface area contributed by atoms with Crippen molar-refractivity contribution in [3.8, 4) is 0 Å². The van der Waals surface area contributed by atoms with Crippen LogP contribution in [0.2, 0.25) is 0 Å². The summed E-state index contributed by atoms with van der Waals surface area (Å²) in [7, 11) is 4.10. The molecule has 0 atom stereocenters. The normalized spacial score (nSPS) is 10.8. The molecule has 26 heavy (non-hydrogen) atoms. The molecule has 0 saturated heterocycles. The van der Waals surface area contributed by atoms with Gasteiger partial charge >= 0.3 is 0 Å². The summed E-state index contributed by atoms with van der Waals surface area (Å²) >= 11 is 0. The summed E-state index contributed by atoms with van der Waals surface area (Å²) in [6.07, 6.45) is 2.86. The minimum absolute atomic E-state index is 0.153. The third-order valence-corrected chi connectivity index (χ3v) is 3.93. The van der Waals surface area contributed by atoms with Gasteiger partial charge in [-0.25, -0.2) is 9.97 Å². The lowest BCUT2D eigenvalue weighted by molar-refractivity contribution is 0.0948. The van der Waals surface area contributed by atoms with Gasteiger partial charge in [-0.15, -0.1) is 0 Å². The summed E-state index contributed by atoms with van der Waals surface area (Å²) in [5, 5.41) is 6.21. The third kappa shape index (κ3) is 7.19. The van der Waals surface area contributed by atoms with Gasteiger partial charge in [0.15, 0.2) is 0 Å². The van der Waals surface area contributed by atoms with Crippen LogP contribution in [0.25, 0.3) is 0 Å². The highest BCUT2D eigenvalue weighted by atomic mass is 16.1. The highest BCUT2D eigenvalue weighted by molar-refractivity contribution is 5.92. The molecule has 140 valence electrons. The van der Waals surface area contributed by atoms with Crippen LogP contribution < -0.4 is 10.6 Å². The number of nitrogens with zero attached hydrogens (tertiary/aromatic N) is 3. The Bertz CT molecular complexity index is 688. The van der Waals surface area contributed by atoms with Crippen molar-refractivity contribution in [2.45, 2.75) is 26.2 Å². The molecule has 2 aromatic rings. The predicted molar refractivity (Wildman–Crippen MR) is 106 cm³/mol. The first-order chi connectivity index (χ1) is 12.5. The topological polar surface area (TPSA) is 70.2 Å². The highest BCUT2D eigenvalue weighted by Gasteiger charge is 2.10. The van der Waals surface area contributed by atoms with E-state index >= 15 is 0 Å². The van der Waals surface area contributed by atoms with E-state index in [1.807, 2.05) is 18.2 Å². The largest absolute Gasteiger partial charge is 0.370 e. The Morgan fingerprint density at radius 2 is 1.85 bits per heavy atom. The lowest BCUT2D eigenvalue weighted by Gasteiger charge is -2.11. The maximum absolute atomic E-state index is 12.3. The zero-order valence-corrected chi connectivity index (χ0v) is 16.0. The first-order valence-corrected chi connectivity index (χ1v) is 9.11. The Hall–Kier alpha value is -2.47. The Morgan fingerprint density at radius 3 is 2.58 bits per heavy atom. The van der Waals surface area contributed by atoms with Crippen LogP contribution in [-0.2, 0) is 6.42 Å². The molecule has 1 heterocycles. The van der Waals surface area contributed by atoms with Gasteiger partial charge in [0.25, 0.3) is 5.91 Å². The van der Waals surface area contributed by atoms with Gasteiger partial charge in [-0.2, -0.15) is 0 Å². The minimum atomic E-state index is -0.153. The fourth-order valence-electron chi connectivity index (χ4n) is 2.62. The summed E-state index contributed by atoms with van der Waals surface area (Å²) in [5.41, 5.74) is 1.69. The zero-order chi connectivity index (χ0) is 18.8. The molecule has 0 radical (unpaired) electrons. The van der Waals surface area contributed by atoms with E-state index in [0.29, 0.717) is 23.9 Å². The van der Waals surface area contributed by atoms with Crippen LogP contribution in [0.15, 0.2) is 36.4 Å². The molecule has 0 aliphatic rings. The third-order valence-electron chi connectivity index (χ3n) is 3.93. The summed E-state index contributed by atoms with van der Waals surface area (Å²) in [5.74, 6) is 1.14. The van der Waals surface area contributed by atoms with E-state index in [9.17, 15) is 4.79 Å². The number of rotatable bonds is 10. The maximum atomic E-state index is 12.3. The van der Waals surface area contributed by atoms with Crippen molar-refractivity contribution in [3.05, 3.63) is 53.5 Å². The summed E-state index contributed by atoms with van der Waals surface area (Å²) in [4.78, 5) is 23.1. The number of carbonyl (C=O) groups excluding carboxylic acids is 1. The molecule has 1 amide bonds. The number of benzene rings is 1. The van der Waals surface area contributed by atoms with E-state index in [1.54, 1.807) is 13.0 Å². The zero-order valence-electron chi connectivity index (χ0n) is 16.0. The molecule has 0 aliphatic heterocycles. The second kappa shape index (κ2) is 10.5. The molecule has 6 heteroatoms. The molecule has 0 aliphatic carbocycles. The van der Waals surface area contributed by atoms with Crippen molar-refractivity contribution in [3.63, 3.8) is 0 Å². The van der Waals surface area contributed by atoms with E-state index in [0.717, 1.165) is 32.4 Å². The van der Waals surface area contributed by atoms with Gasteiger partial charge < -0.3 is 15.5 Å². The van der Waals surface area contributed by atoms with Crippen LogP contribution >= 0.6 is 0 Å². The fraction of sp³-hybridized carbons (Fsp3) is 0.450. The second-order valence-electron chi connectivity index (χ2n) is 6.61. The lowest BCUT2D eigenvalue weighted by Crippen LogP contribution is -2.26.